The zero-order valence-electron chi connectivity index (χ0n) is 20.2. The Morgan fingerprint density at radius 3 is 2.40 bits per heavy atom. The molecule has 2 atom stereocenters. The van der Waals surface area contributed by atoms with Crippen LogP contribution in [0, 0.1) is 0 Å². The number of alkyl halides is 3. The van der Waals surface area contributed by atoms with Crippen molar-refractivity contribution in [2.24, 2.45) is 5.73 Å². The second-order valence-electron chi connectivity index (χ2n) is 9.96. The Labute approximate surface area is 216 Å². The first-order chi connectivity index (χ1) is 16.2. The van der Waals surface area contributed by atoms with Crippen LogP contribution in [0.3, 0.4) is 0 Å². The van der Waals surface area contributed by atoms with Crippen molar-refractivity contribution in [1.82, 2.24) is 4.90 Å². The minimum atomic E-state index is -4.37. The summed E-state index contributed by atoms with van der Waals surface area (Å²) >= 11 is 1.48. The number of nitrogens with zero attached hydrogens (tertiary/aromatic N) is 2. The molecule has 2 aromatic rings. The first kappa shape index (κ1) is 26.5. The third kappa shape index (κ3) is 5.41. The monoisotopic (exact) mass is 526 g/mol. The van der Waals surface area contributed by atoms with Crippen LogP contribution in [0.25, 0.3) is 0 Å². The van der Waals surface area contributed by atoms with Gasteiger partial charge in [-0.3, -0.25) is 0 Å². The molecule has 3 aliphatic heterocycles. The van der Waals surface area contributed by atoms with Crippen LogP contribution in [0.5, 0.6) is 0 Å². The fourth-order valence-electron chi connectivity index (χ4n) is 5.69. The van der Waals surface area contributed by atoms with Crippen LogP contribution >= 0.6 is 24.2 Å². The molecule has 3 heterocycles. The van der Waals surface area contributed by atoms with E-state index < -0.39 is 11.7 Å². The molecule has 2 saturated heterocycles. The molecule has 192 valence electrons. The van der Waals surface area contributed by atoms with Gasteiger partial charge in [0.1, 0.15) is 0 Å². The average molecular weight is 527 g/mol. The van der Waals surface area contributed by atoms with Crippen molar-refractivity contribution < 1.29 is 13.2 Å². The fraction of sp³-hybridized carbons (Fsp3) is 0.538. The predicted octanol–water partition coefficient (Wildman–Crippen LogP) is 6.00. The molecule has 0 saturated carbocycles. The lowest BCUT2D eigenvalue weighted by Gasteiger charge is -2.47. The first-order valence-corrected chi connectivity index (χ1v) is 13.1. The first-order valence-electron chi connectivity index (χ1n) is 12.2. The van der Waals surface area contributed by atoms with Crippen LogP contribution in [-0.4, -0.2) is 49.2 Å². The van der Waals surface area contributed by atoms with Crippen molar-refractivity contribution in [3.05, 3.63) is 47.0 Å². The number of nitrogens with two attached hydrogens (primary N) is 1. The molecule has 0 aromatic heterocycles. The standard InChI is InChI=1S/C26H33F3N4S.ClH/c1-16-11-17(2)33(16)21-4-3-18-12-22-23(31-20-5-8-32(9-6-20)10-7-30)13-19(26(27,28)29)14-25(22)34-24(18)15-21;/h3-4,13-17,20,31H,5-12,30H2,1-2H3;1H. The van der Waals surface area contributed by atoms with Gasteiger partial charge in [0.05, 0.1) is 5.56 Å². The van der Waals surface area contributed by atoms with Crippen molar-refractivity contribution in [3.8, 4) is 0 Å². The number of nitrogens with one attached hydrogen (secondary N) is 1. The zero-order chi connectivity index (χ0) is 24.0. The van der Waals surface area contributed by atoms with Gasteiger partial charge in [-0.15, -0.1) is 12.4 Å². The van der Waals surface area contributed by atoms with Gasteiger partial charge in [0.15, 0.2) is 0 Å². The summed E-state index contributed by atoms with van der Waals surface area (Å²) in [6.45, 7) is 7.78. The SMILES string of the molecule is CC1CC(C)N1c1ccc2c(c1)Sc1cc(C(F)(F)F)cc(NC3CCN(CCN)CC3)c1C2.Cl. The maximum Gasteiger partial charge on any atom is 0.416 e. The van der Waals surface area contributed by atoms with E-state index in [-0.39, 0.29) is 18.4 Å². The molecular formula is C26H34ClF3N4S. The molecule has 3 aliphatic rings. The van der Waals surface area contributed by atoms with Gasteiger partial charge in [-0.25, -0.2) is 0 Å². The van der Waals surface area contributed by atoms with Crippen molar-refractivity contribution in [2.75, 3.05) is 36.4 Å². The van der Waals surface area contributed by atoms with E-state index in [1.807, 2.05) is 0 Å². The molecule has 3 N–H and O–H groups in total. The Morgan fingerprint density at radius 1 is 1.06 bits per heavy atom. The molecule has 2 aromatic carbocycles. The van der Waals surface area contributed by atoms with Gasteiger partial charge in [0.25, 0.3) is 0 Å². The Balaban J connectivity index is 0.00000289. The van der Waals surface area contributed by atoms with E-state index in [0.29, 0.717) is 35.6 Å². The van der Waals surface area contributed by atoms with E-state index >= 15 is 0 Å². The highest BCUT2D eigenvalue weighted by atomic mass is 35.5. The number of likely N-dealkylation sites (tertiary alicyclic amines) is 1. The summed E-state index contributed by atoms with van der Waals surface area (Å²) in [6.07, 6.45) is -0.743. The second kappa shape index (κ2) is 10.4. The van der Waals surface area contributed by atoms with Crippen LogP contribution in [0.2, 0.25) is 0 Å². The maximum atomic E-state index is 13.8. The number of fused-ring (bicyclic) bond motifs is 2. The maximum absolute atomic E-state index is 13.8. The smallest absolute Gasteiger partial charge is 0.382 e. The Kier molecular flexibility index (Phi) is 7.86. The molecule has 5 rings (SSSR count). The zero-order valence-corrected chi connectivity index (χ0v) is 21.8. The summed E-state index contributed by atoms with van der Waals surface area (Å²) in [5.74, 6) is 0. The highest BCUT2D eigenvalue weighted by Gasteiger charge is 2.35. The number of hydrogen-bond acceptors (Lipinski definition) is 5. The van der Waals surface area contributed by atoms with E-state index in [2.05, 4.69) is 47.2 Å². The van der Waals surface area contributed by atoms with Crippen molar-refractivity contribution in [3.63, 3.8) is 0 Å². The number of piperidine rings is 1. The van der Waals surface area contributed by atoms with Gasteiger partial charge in [-0.2, -0.15) is 13.2 Å². The quantitative estimate of drug-likeness (QED) is 0.426. The normalized spacial score (nSPS) is 22.6. The second-order valence-corrected chi connectivity index (χ2v) is 11.0. The Bertz CT molecular complexity index is 1050. The molecule has 0 bridgehead atoms. The summed E-state index contributed by atoms with van der Waals surface area (Å²) in [7, 11) is 0. The summed E-state index contributed by atoms with van der Waals surface area (Å²) in [5.41, 5.74) is 9.05. The molecule has 0 radical (unpaired) electrons. The molecule has 0 aliphatic carbocycles. The number of halogens is 4. The minimum absolute atomic E-state index is 0. The van der Waals surface area contributed by atoms with Gasteiger partial charge in [0, 0.05) is 71.9 Å². The van der Waals surface area contributed by atoms with Crippen LogP contribution < -0.4 is 16.0 Å². The summed E-state index contributed by atoms with van der Waals surface area (Å²) in [5, 5.41) is 3.49. The molecule has 2 fully saturated rings. The summed E-state index contributed by atoms with van der Waals surface area (Å²) in [4.78, 5) is 6.50. The van der Waals surface area contributed by atoms with Crippen molar-refractivity contribution >= 4 is 35.5 Å². The van der Waals surface area contributed by atoms with Gasteiger partial charge < -0.3 is 20.9 Å². The highest BCUT2D eigenvalue weighted by molar-refractivity contribution is 7.99. The van der Waals surface area contributed by atoms with Crippen molar-refractivity contribution in [1.29, 1.82) is 0 Å². The van der Waals surface area contributed by atoms with Crippen LogP contribution in [0.15, 0.2) is 40.1 Å². The number of rotatable bonds is 5. The molecular weight excluding hydrogens is 493 g/mol. The molecule has 0 amide bonds. The molecule has 4 nitrogen and oxygen atoms in total. The van der Waals surface area contributed by atoms with E-state index in [0.717, 1.165) is 48.6 Å². The number of benzene rings is 2. The van der Waals surface area contributed by atoms with E-state index in [1.165, 1.54) is 35.9 Å². The van der Waals surface area contributed by atoms with E-state index in [4.69, 9.17) is 5.73 Å². The summed E-state index contributed by atoms with van der Waals surface area (Å²) < 4.78 is 41.4. The van der Waals surface area contributed by atoms with Crippen LogP contribution in [-0.2, 0) is 12.6 Å². The van der Waals surface area contributed by atoms with Crippen LogP contribution in [0.1, 0.15) is 49.8 Å². The predicted molar refractivity (Wildman–Crippen MR) is 140 cm³/mol. The third-order valence-corrected chi connectivity index (χ3v) is 8.68. The van der Waals surface area contributed by atoms with Gasteiger partial charge in [-0.1, -0.05) is 17.8 Å². The molecule has 9 heteroatoms. The molecule has 2 unspecified atom stereocenters. The topological polar surface area (TPSA) is 44.5 Å². The molecule has 0 spiro atoms. The molecule has 35 heavy (non-hydrogen) atoms. The fourth-order valence-corrected chi connectivity index (χ4v) is 6.87. The van der Waals surface area contributed by atoms with Gasteiger partial charge in [-0.05, 0) is 68.5 Å². The number of hydrogen-bond donors (Lipinski definition) is 2. The average Bonchev–Trinajstić information content (AvgIpc) is 2.78. The highest BCUT2D eigenvalue weighted by Crippen LogP contribution is 2.47. The lowest BCUT2D eigenvalue weighted by atomic mass is 9.93. The van der Waals surface area contributed by atoms with E-state index in [1.54, 1.807) is 0 Å². The minimum Gasteiger partial charge on any atom is -0.382 e. The van der Waals surface area contributed by atoms with Crippen LogP contribution in [0.4, 0.5) is 24.5 Å². The summed E-state index contributed by atoms with van der Waals surface area (Å²) in [6, 6.07) is 10.3. The van der Waals surface area contributed by atoms with Gasteiger partial charge in [0.2, 0.25) is 0 Å². The Morgan fingerprint density at radius 2 is 1.77 bits per heavy atom. The lowest BCUT2D eigenvalue weighted by Crippen LogP contribution is -2.53. The van der Waals surface area contributed by atoms with Crippen molar-refractivity contribution in [2.45, 2.75) is 73.6 Å². The van der Waals surface area contributed by atoms with Gasteiger partial charge >= 0.3 is 6.18 Å². The van der Waals surface area contributed by atoms with E-state index in [9.17, 15) is 13.2 Å². The third-order valence-electron chi connectivity index (χ3n) is 7.50. The number of anilines is 2. The lowest BCUT2D eigenvalue weighted by molar-refractivity contribution is -0.137. The Hall–Kier alpha value is -1.61. The largest absolute Gasteiger partial charge is 0.416 e.